The van der Waals surface area contributed by atoms with Gasteiger partial charge in [0.25, 0.3) is 5.91 Å². The molecule has 1 fully saturated rings. The van der Waals surface area contributed by atoms with Gasteiger partial charge in [-0.05, 0) is 29.3 Å². The molecule has 1 saturated heterocycles. The summed E-state index contributed by atoms with van der Waals surface area (Å²) in [6.07, 6.45) is -3.16. The molecule has 0 bridgehead atoms. The van der Waals surface area contributed by atoms with Crippen molar-refractivity contribution in [2.24, 2.45) is 0 Å². The van der Waals surface area contributed by atoms with Crippen molar-refractivity contribution in [2.75, 3.05) is 26.2 Å². The summed E-state index contributed by atoms with van der Waals surface area (Å²) in [5.41, 5.74) is 0.793. The summed E-state index contributed by atoms with van der Waals surface area (Å²) in [7, 11) is 0. The fourth-order valence-corrected chi connectivity index (χ4v) is 3.98. The second-order valence-electron chi connectivity index (χ2n) is 8.15. The lowest BCUT2D eigenvalue weighted by Gasteiger charge is -2.34. The molecule has 0 aliphatic carbocycles. The summed E-state index contributed by atoms with van der Waals surface area (Å²) < 4.78 is 44.0. The Morgan fingerprint density at radius 1 is 1.03 bits per heavy atom. The van der Waals surface area contributed by atoms with Crippen LogP contribution in [0.2, 0.25) is 5.02 Å². The van der Waals surface area contributed by atoms with E-state index in [2.05, 4.69) is 20.1 Å². The van der Waals surface area contributed by atoms with Gasteiger partial charge in [0.1, 0.15) is 6.26 Å². The lowest BCUT2D eigenvalue weighted by molar-refractivity contribution is -0.137. The molecular formula is C24H24ClF3N4O2. The number of nitrogens with one attached hydrogen (secondary N) is 1. The molecule has 1 aromatic heterocycles. The third kappa shape index (κ3) is 6.37. The van der Waals surface area contributed by atoms with E-state index >= 15 is 0 Å². The smallest absolute Gasteiger partial charge is 0.416 e. The van der Waals surface area contributed by atoms with Gasteiger partial charge in [0.2, 0.25) is 5.89 Å². The molecule has 0 radical (unpaired) electrons. The van der Waals surface area contributed by atoms with Gasteiger partial charge in [-0.15, -0.1) is 0 Å². The standard InChI is InChI=1S/C24H24ClF3N4O2/c25-20-7-2-1-5-18(20)14-31-8-10-32(11-9-31)15-22-30-21(16-34-22)23(33)29-13-17-4-3-6-19(12-17)24(26,27)28/h1-7,12,16H,8-11,13-15H2,(H,29,33). The topological polar surface area (TPSA) is 61.6 Å². The Morgan fingerprint density at radius 3 is 2.44 bits per heavy atom. The summed E-state index contributed by atoms with van der Waals surface area (Å²) in [5, 5.41) is 3.35. The molecule has 3 aromatic rings. The highest BCUT2D eigenvalue weighted by Gasteiger charge is 2.30. The van der Waals surface area contributed by atoms with Crippen LogP contribution in [0.15, 0.2) is 59.2 Å². The van der Waals surface area contributed by atoms with Crippen LogP contribution in [0.4, 0.5) is 13.2 Å². The first-order chi connectivity index (χ1) is 16.3. The SMILES string of the molecule is O=C(NCc1cccc(C(F)(F)F)c1)c1coc(CN2CCN(Cc3ccccc3Cl)CC2)n1. The first kappa shape index (κ1) is 24.3. The fraction of sp³-hybridized carbons (Fsp3) is 0.333. The number of aromatic nitrogens is 1. The number of rotatable bonds is 7. The normalized spacial score (nSPS) is 15.4. The van der Waals surface area contributed by atoms with E-state index in [4.69, 9.17) is 16.0 Å². The molecule has 4 rings (SSSR count). The molecule has 0 spiro atoms. The Morgan fingerprint density at radius 2 is 1.74 bits per heavy atom. The molecule has 10 heteroatoms. The van der Waals surface area contributed by atoms with Gasteiger partial charge >= 0.3 is 6.18 Å². The number of carbonyl (C=O) groups excluding carboxylic acids is 1. The molecule has 1 amide bonds. The van der Waals surface area contributed by atoms with Crippen molar-refractivity contribution in [3.8, 4) is 0 Å². The maximum absolute atomic E-state index is 12.8. The van der Waals surface area contributed by atoms with Gasteiger partial charge in [-0.2, -0.15) is 13.2 Å². The highest BCUT2D eigenvalue weighted by molar-refractivity contribution is 6.31. The van der Waals surface area contributed by atoms with Crippen LogP contribution in [0.25, 0.3) is 0 Å². The van der Waals surface area contributed by atoms with Crippen molar-refractivity contribution in [1.29, 1.82) is 0 Å². The Hall–Kier alpha value is -2.88. The van der Waals surface area contributed by atoms with Crippen LogP contribution in [0.1, 0.15) is 33.1 Å². The van der Waals surface area contributed by atoms with Gasteiger partial charge in [0.05, 0.1) is 12.1 Å². The number of oxazole rings is 1. The van der Waals surface area contributed by atoms with Crippen molar-refractivity contribution in [3.05, 3.63) is 88.1 Å². The highest BCUT2D eigenvalue weighted by Crippen LogP contribution is 2.29. The van der Waals surface area contributed by atoms with Crippen LogP contribution >= 0.6 is 11.6 Å². The lowest BCUT2D eigenvalue weighted by atomic mass is 10.1. The second-order valence-corrected chi connectivity index (χ2v) is 8.56. The predicted octanol–water partition coefficient (Wildman–Crippen LogP) is 4.59. The third-order valence-corrected chi connectivity index (χ3v) is 6.04. The number of piperazine rings is 1. The van der Waals surface area contributed by atoms with Gasteiger partial charge < -0.3 is 9.73 Å². The zero-order valence-electron chi connectivity index (χ0n) is 18.3. The van der Waals surface area contributed by atoms with Crippen molar-refractivity contribution in [2.45, 2.75) is 25.8 Å². The Kier molecular flexibility index (Phi) is 7.55. The largest absolute Gasteiger partial charge is 0.447 e. The minimum absolute atomic E-state index is 0.0433. The highest BCUT2D eigenvalue weighted by atomic mass is 35.5. The Bertz CT molecular complexity index is 1130. The van der Waals surface area contributed by atoms with Gasteiger partial charge in [0, 0.05) is 44.3 Å². The van der Waals surface area contributed by atoms with Crippen molar-refractivity contribution in [1.82, 2.24) is 20.1 Å². The summed E-state index contributed by atoms with van der Waals surface area (Å²) in [6, 6.07) is 12.7. The van der Waals surface area contributed by atoms with Crippen LogP contribution in [-0.2, 0) is 25.8 Å². The minimum atomic E-state index is -4.43. The second kappa shape index (κ2) is 10.6. The molecule has 2 heterocycles. The quantitative estimate of drug-likeness (QED) is 0.522. The van der Waals surface area contributed by atoms with E-state index in [1.54, 1.807) is 0 Å². The lowest BCUT2D eigenvalue weighted by Crippen LogP contribution is -2.45. The Labute approximate surface area is 200 Å². The molecule has 2 aromatic carbocycles. The van der Waals surface area contributed by atoms with E-state index in [1.165, 1.54) is 18.4 Å². The molecule has 0 atom stereocenters. The van der Waals surface area contributed by atoms with E-state index in [0.717, 1.165) is 55.4 Å². The number of hydrogen-bond donors (Lipinski definition) is 1. The first-order valence-corrected chi connectivity index (χ1v) is 11.2. The predicted molar refractivity (Wildman–Crippen MR) is 121 cm³/mol. The van der Waals surface area contributed by atoms with Gasteiger partial charge in [-0.1, -0.05) is 41.9 Å². The molecule has 1 aliphatic rings. The maximum Gasteiger partial charge on any atom is 0.416 e. The van der Waals surface area contributed by atoms with Crippen LogP contribution in [0, 0.1) is 0 Å². The van der Waals surface area contributed by atoms with Crippen LogP contribution in [-0.4, -0.2) is 46.9 Å². The average Bonchev–Trinajstić information content (AvgIpc) is 3.28. The number of benzene rings is 2. The van der Waals surface area contributed by atoms with Crippen molar-refractivity contribution in [3.63, 3.8) is 0 Å². The summed E-state index contributed by atoms with van der Waals surface area (Å²) >= 11 is 6.25. The van der Waals surface area contributed by atoms with E-state index in [9.17, 15) is 18.0 Å². The number of amides is 1. The third-order valence-electron chi connectivity index (χ3n) is 5.67. The number of halogens is 4. The zero-order valence-corrected chi connectivity index (χ0v) is 19.1. The molecule has 0 unspecified atom stereocenters. The summed E-state index contributed by atoms with van der Waals surface area (Å²) in [5.74, 6) is -0.0826. The molecular weight excluding hydrogens is 469 g/mol. The van der Waals surface area contributed by atoms with Gasteiger partial charge in [-0.3, -0.25) is 14.6 Å². The molecule has 6 nitrogen and oxygen atoms in total. The summed E-state index contributed by atoms with van der Waals surface area (Å²) in [6.45, 7) is 4.61. The van der Waals surface area contributed by atoms with Gasteiger partial charge in [-0.25, -0.2) is 4.98 Å². The van der Waals surface area contributed by atoms with E-state index in [-0.39, 0.29) is 12.2 Å². The van der Waals surface area contributed by atoms with E-state index in [1.807, 2.05) is 24.3 Å². The first-order valence-electron chi connectivity index (χ1n) is 10.8. The van der Waals surface area contributed by atoms with Gasteiger partial charge in [0.15, 0.2) is 5.69 Å². The number of carbonyl (C=O) groups is 1. The molecule has 0 saturated carbocycles. The molecule has 1 aliphatic heterocycles. The number of alkyl halides is 3. The van der Waals surface area contributed by atoms with Crippen molar-refractivity contribution >= 4 is 17.5 Å². The summed E-state index contributed by atoms with van der Waals surface area (Å²) in [4.78, 5) is 21.1. The van der Waals surface area contributed by atoms with Crippen LogP contribution in [0.3, 0.4) is 0 Å². The molecule has 34 heavy (non-hydrogen) atoms. The Balaban J connectivity index is 1.24. The zero-order chi connectivity index (χ0) is 24.1. The molecule has 1 N–H and O–H groups in total. The van der Waals surface area contributed by atoms with Crippen LogP contribution < -0.4 is 5.32 Å². The average molecular weight is 493 g/mol. The molecule has 180 valence electrons. The minimum Gasteiger partial charge on any atom is -0.447 e. The maximum atomic E-state index is 12.8. The van der Waals surface area contributed by atoms with Crippen LogP contribution in [0.5, 0.6) is 0 Å². The monoisotopic (exact) mass is 492 g/mol. The fourth-order valence-electron chi connectivity index (χ4n) is 3.78. The van der Waals surface area contributed by atoms with E-state index in [0.29, 0.717) is 18.0 Å². The number of hydrogen-bond acceptors (Lipinski definition) is 5. The number of nitrogens with zero attached hydrogens (tertiary/aromatic N) is 3. The van der Waals surface area contributed by atoms with Crippen molar-refractivity contribution < 1.29 is 22.4 Å². The van der Waals surface area contributed by atoms with E-state index < -0.39 is 17.6 Å².